The van der Waals surface area contributed by atoms with Crippen LogP contribution in [0.25, 0.3) is 0 Å². The number of nitrogens with one attached hydrogen (secondary N) is 1. The molecule has 0 bridgehead atoms. The summed E-state index contributed by atoms with van der Waals surface area (Å²) in [6.45, 7) is 6.02. The van der Waals surface area contributed by atoms with Gasteiger partial charge in [0.15, 0.2) is 0 Å². The van der Waals surface area contributed by atoms with Crippen LogP contribution < -0.4 is 5.32 Å². The van der Waals surface area contributed by atoms with E-state index in [-0.39, 0.29) is 12.7 Å². The van der Waals surface area contributed by atoms with Gasteiger partial charge in [-0.05, 0) is 26.8 Å². The number of rotatable bonds is 8. The van der Waals surface area contributed by atoms with Crippen molar-refractivity contribution in [1.82, 2.24) is 5.32 Å². The monoisotopic (exact) mass is 191 g/mol. The van der Waals surface area contributed by atoms with Crippen LogP contribution in [0.3, 0.4) is 0 Å². The van der Waals surface area contributed by atoms with Gasteiger partial charge in [-0.1, -0.05) is 0 Å². The van der Waals surface area contributed by atoms with E-state index in [4.69, 9.17) is 14.9 Å². The second-order valence-corrected chi connectivity index (χ2v) is 3.29. The van der Waals surface area contributed by atoms with Crippen LogP contribution in [0.5, 0.6) is 0 Å². The second-order valence-electron chi connectivity index (χ2n) is 3.29. The molecule has 0 aromatic heterocycles. The molecule has 0 aliphatic rings. The SMILES string of the molecule is CC(C)OCCNCC[C@@H](O)CO. The third kappa shape index (κ3) is 9.76. The van der Waals surface area contributed by atoms with Gasteiger partial charge in [0.2, 0.25) is 0 Å². The molecule has 0 unspecified atom stereocenters. The molecule has 0 spiro atoms. The molecule has 13 heavy (non-hydrogen) atoms. The lowest BCUT2D eigenvalue weighted by molar-refractivity contribution is 0.0755. The molecule has 3 N–H and O–H groups in total. The van der Waals surface area contributed by atoms with E-state index in [1.54, 1.807) is 0 Å². The van der Waals surface area contributed by atoms with Crippen molar-refractivity contribution < 1.29 is 14.9 Å². The van der Waals surface area contributed by atoms with Crippen molar-refractivity contribution in [2.24, 2.45) is 0 Å². The van der Waals surface area contributed by atoms with Crippen LogP contribution in [0.1, 0.15) is 20.3 Å². The van der Waals surface area contributed by atoms with E-state index in [0.717, 1.165) is 6.54 Å². The molecule has 0 rings (SSSR count). The molecular formula is C9H21NO3. The molecule has 0 aromatic carbocycles. The molecule has 0 saturated heterocycles. The third-order valence-electron chi connectivity index (χ3n) is 1.60. The smallest absolute Gasteiger partial charge is 0.0783 e. The van der Waals surface area contributed by atoms with Gasteiger partial charge in [-0.3, -0.25) is 0 Å². The summed E-state index contributed by atoms with van der Waals surface area (Å²) in [5.74, 6) is 0. The number of hydrogen-bond donors (Lipinski definition) is 3. The summed E-state index contributed by atoms with van der Waals surface area (Å²) in [6.07, 6.45) is 0.251. The molecule has 1 atom stereocenters. The lowest BCUT2D eigenvalue weighted by Gasteiger charge is -2.09. The van der Waals surface area contributed by atoms with E-state index in [2.05, 4.69) is 5.32 Å². The minimum atomic E-state index is -0.599. The average molecular weight is 191 g/mol. The van der Waals surface area contributed by atoms with Crippen molar-refractivity contribution in [3.63, 3.8) is 0 Å². The fourth-order valence-corrected chi connectivity index (χ4v) is 0.852. The van der Waals surface area contributed by atoms with Gasteiger partial charge in [0.1, 0.15) is 0 Å². The Morgan fingerprint density at radius 1 is 1.31 bits per heavy atom. The topological polar surface area (TPSA) is 61.7 Å². The molecule has 0 fully saturated rings. The maximum absolute atomic E-state index is 8.98. The zero-order valence-electron chi connectivity index (χ0n) is 8.49. The first-order valence-corrected chi connectivity index (χ1v) is 4.78. The highest BCUT2D eigenvalue weighted by atomic mass is 16.5. The molecular weight excluding hydrogens is 170 g/mol. The summed E-state index contributed by atoms with van der Waals surface area (Å²) < 4.78 is 5.30. The summed E-state index contributed by atoms with van der Waals surface area (Å²) in [7, 11) is 0. The van der Waals surface area contributed by atoms with Crippen molar-refractivity contribution in [3.8, 4) is 0 Å². The van der Waals surface area contributed by atoms with Gasteiger partial charge in [-0.25, -0.2) is 0 Å². The van der Waals surface area contributed by atoms with Crippen molar-refractivity contribution in [1.29, 1.82) is 0 Å². The first kappa shape index (κ1) is 12.8. The normalized spacial score (nSPS) is 13.6. The third-order valence-corrected chi connectivity index (χ3v) is 1.60. The molecule has 0 saturated carbocycles. The van der Waals surface area contributed by atoms with Gasteiger partial charge < -0.3 is 20.3 Å². The Balaban J connectivity index is 2.99. The van der Waals surface area contributed by atoms with Crippen LogP contribution in [0.2, 0.25) is 0 Å². The molecule has 0 amide bonds. The van der Waals surface area contributed by atoms with Gasteiger partial charge in [0, 0.05) is 6.54 Å². The number of hydrogen-bond acceptors (Lipinski definition) is 4. The molecule has 0 heterocycles. The zero-order valence-corrected chi connectivity index (χ0v) is 8.49. The van der Waals surface area contributed by atoms with E-state index >= 15 is 0 Å². The molecule has 0 radical (unpaired) electrons. The highest BCUT2D eigenvalue weighted by molar-refractivity contribution is 4.55. The fraction of sp³-hybridized carbons (Fsp3) is 1.00. The summed E-state index contributed by atoms with van der Waals surface area (Å²) in [4.78, 5) is 0. The van der Waals surface area contributed by atoms with Crippen molar-refractivity contribution in [3.05, 3.63) is 0 Å². The summed E-state index contributed by atoms with van der Waals surface area (Å²) in [5.41, 5.74) is 0. The molecule has 0 aliphatic carbocycles. The molecule has 4 heteroatoms. The van der Waals surface area contributed by atoms with E-state index < -0.39 is 6.10 Å². The summed E-state index contributed by atoms with van der Waals surface area (Å²) >= 11 is 0. The second kappa shape index (κ2) is 8.44. The Bertz CT molecular complexity index is 109. The molecule has 4 nitrogen and oxygen atoms in total. The van der Waals surface area contributed by atoms with Crippen molar-refractivity contribution in [2.75, 3.05) is 26.3 Å². The molecule has 0 aliphatic heterocycles. The average Bonchev–Trinajstić information content (AvgIpc) is 2.10. The number of aliphatic hydroxyl groups excluding tert-OH is 2. The van der Waals surface area contributed by atoms with Crippen molar-refractivity contribution in [2.45, 2.75) is 32.5 Å². The van der Waals surface area contributed by atoms with Gasteiger partial charge in [0.25, 0.3) is 0 Å². The zero-order chi connectivity index (χ0) is 10.1. The predicted octanol–water partition coefficient (Wildman–Crippen LogP) is -0.256. The van der Waals surface area contributed by atoms with Crippen LogP contribution in [0, 0.1) is 0 Å². The fourth-order valence-electron chi connectivity index (χ4n) is 0.852. The van der Waals surface area contributed by atoms with Crippen LogP contribution in [0.4, 0.5) is 0 Å². The first-order valence-electron chi connectivity index (χ1n) is 4.78. The maximum atomic E-state index is 8.98. The Labute approximate surface area is 79.9 Å². The lowest BCUT2D eigenvalue weighted by atomic mass is 10.3. The van der Waals surface area contributed by atoms with Crippen LogP contribution in [-0.2, 0) is 4.74 Å². The molecule has 80 valence electrons. The Morgan fingerprint density at radius 3 is 2.54 bits per heavy atom. The Hall–Kier alpha value is -0.160. The van der Waals surface area contributed by atoms with E-state index in [1.165, 1.54) is 0 Å². The number of ether oxygens (including phenoxy) is 1. The first-order chi connectivity index (χ1) is 6.16. The van der Waals surface area contributed by atoms with E-state index in [0.29, 0.717) is 19.6 Å². The standard InChI is InChI=1S/C9H21NO3/c1-8(2)13-6-5-10-4-3-9(12)7-11/h8-12H,3-7H2,1-2H3/t9-/m1/s1. The highest BCUT2D eigenvalue weighted by Crippen LogP contribution is 1.88. The van der Waals surface area contributed by atoms with Gasteiger partial charge in [0.05, 0.1) is 25.4 Å². The van der Waals surface area contributed by atoms with E-state index in [1.807, 2.05) is 13.8 Å². The van der Waals surface area contributed by atoms with Gasteiger partial charge in [-0.2, -0.15) is 0 Å². The minimum absolute atomic E-state index is 0.163. The van der Waals surface area contributed by atoms with Crippen LogP contribution in [-0.4, -0.2) is 48.7 Å². The molecule has 0 aromatic rings. The largest absolute Gasteiger partial charge is 0.394 e. The van der Waals surface area contributed by atoms with Crippen LogP contribution in [0.15, 0.2) is 0 Å². The van der Waals surface area contributed by atoms with Crippen LogP contribution >= 0.6 is 0 Å². The number of aliphatic hydroxyl groups is 2. The van der Waals surface area contributed by atoms with E-state index in [9.17, 15) is 0 Å². The van der Waals surface area contributed by atoms with Gasteiger partial charge in [-0.15, -0.1) is 0 Å². The summed E-state index contributed by atoms with van der Waals surface area (Å²) in [5, 5.41) is 20.6. The maximum Gasteiger partial charge on any atom is 0.0783 e. The highest BCUT2D eigenvalue weighted by Gasteiger charge is 1.99. The Kier molecular flexibility index (Phi) is 8.33. The summed E-state index contributed by atoms with van der Waals surface area (Å²) in [6, 6.07) is 0. The predicted molar refractivity (Wildman–Crippen MR) is 51.7 cm³/mol. The quantitative estimate of drug-likeness (QED) is 0.463. The minimum Gasteiger partial charge on any atom is -0.394 e. The lowest BCUT2D eigenvalue weighted by Crippen LogP contribution is -2.26. The Morgan fingerprint density at radius 2 is 2.00 bits per heavy atom. The van der Waals surface area contributed by atoms with Crippen molar-refractivity contribution >= 4 is 0 Å². The van der Waals surface area contributed by atoms with Gasteiger partial charge >= 0.3 is 0 Å².